The zero-order chi connectivity index (χ0) is 11.5. The van der Waals surface area contributed by atoms with Gasteiger partial charge in [0.1, 0.15) is 8.07 Å². The van der Waals surface area contributed by atoms with Crippen LogP contribution in [0.2, 0.25) is 11.1 Å². The van der Waals surface area contributed by atoms with E-state index < -0.39 is 8.07 Å². The molecule has 0 aliphatic heterocycles. The van der Waals surface area contributed by atoms with Gasteiger partial charge in [-0.3, -0.25) is 0 Å². The Balaban J connectivity index is 3.14. The van der Waals surface area contributed by atoms with E-state index in [1.807, 2.05) is 18.4 Å². The largest absolute Gasteiger partial charge is 0.387 e. The molecule has 0 amide bonds. The van der Waals surface area contributed by atoms with Gasteiger partial charge >= 0.3 is 0 Å². The molecule has 0 bridgehead atoms. The van der Waals surface area contributed by atoms with Crippen molar-refractivity contribution in [1.29, 1.82) is 0 Å². The zero-order valence-corrected chi connectivity index (χ0v) is 12.2. The lowest BCUT2D eigenvalue weighted by Gasteiger charge is -2.37. The Morgan fingerprint density at radius 3 is 2.20 bits per heavy atom. The van der Waals surface area contributed by atoms with Crippen LogP contribution in [0.15, 0.2) is 17.5 Å². The Morgan fingerprint density at radius 1 is 1.27 bits per heavy atom. The van der Waals surface area contributed by atoms with E-state index in [-0.39, 0.29) is 0 Å². The summed E-state index contributed by atoms with van der Waals surface area (Å²) in [5, 5.41) is 2.19. The van der Waals surface area contributed by atoms with Gasteiger partial charge in [0.2, 0.25) is 0 Å². The van der Waals surface area contributed by atoms with Crippen LogP contribution in [0.25, 0.3) is 0 Å². The van der Waals surface area contributed by atoms with Crippen LogP contribution in [0.5, 0.6) is 0 Å². The highest BCUT2D eigenvalue weighted by atomic mass is 32.1. The highest BCUT2D eigenvalue weighted by molar-refractivity contribution is 7.26. The van der Waals surface area contributed by atoms with Crippen LogP contribution in [0.3, 0.4) is 0 Å². The first kappa shape index (κ1) is 12.9. The lowest BCUT2D eigenvalue weighted by Crippen LogP contribution is -2.56. The molecule has 0 saturated heterocycles. The molecule has 0 N–H and O–H groups in total. The van der Waals surface area contributed by atoms with Gasteiger partial charge < -0.3 is 4.74 Å². The average Bonchev–Trinajstić information content (AvgIpc) is 2.65. The van der Waals surface area contributed by atoms with Crippen molar-refractivity contribution in [2.24, 2.45) is 0 Å². The SMILES string of the molecule is COC[Si](c1cccs1)(C(C)C)C(C)C. The highest BCUT2D eigenvalue weighted by Gasteiger charge is 2.42. The van der Waals surface area contributed by atoms with Gasteiger partial charge in [-0.25, -0.2) is 0 Å². The summed E-state index contributed by atoms with van der Waals surface area (Å²) in [4.78, 5) is 0. The third kappa shape index (κ3) is 2.35. The van der Waals surface area contributed by atoms with Crippen LogP contribution in [-0.2, 0) is 4.74 Å². The number of methoxy groups -OCH3 is 1. The first-order valence-corrected chi connectivity index (χ1v) is 8.82. The van der Waals surface area contributed by atoms with Crippen molar-refractivity contribution in [3.05, 3.63) is 17.5 Å². The fourth-order valence-electron chi connectivity index (χ4n) is 2.42. The van der Waals surface area contributed by atoms with Gasteiger partial charge in [-0.05, 0) is 21.0 Å². The summed E-state index contributed by atoms with van der Waals surface area (Å²) in [5.74, 6) is 0. The van der Waals surface area contributed by atoms with E-state index in [1.54, 1.807) is 4.50 Å². The predicted octanol–water partition coefficient (Wildman–Crippen LogP) is 3.41. The minimum atomic E-state index is -1.48. The molecule has 3 heteroatoms. The summed E-state index contributed by atoms with van der Waals surface area (Å²) in [5.41, 5.74) is 1.46. The molecule has 15 heavy (non-hydrogen) atoms. The van der Waals surface area contributed by atoms with Crippen molar-refractivity contribution < 1.29 is 4.74 Å². The van der Waals surface area contributed by atoms with Crippen LogP contribution < -0.4 is 4.50 Å². The van der Waals surface area contributed by atoms with Gasteiger partial charge in [-0.1, -0.05) is 39.8 Å². The zero-order valence-electron chi connectivity index (χ0n) is 10.4. The summed E-state index contributed by atoms with van der Waals surface area (Å²) < 4.78 is 7.11. The third-order valence-electron chi connectivity index (χ3n) is 3.42. The summed E-state index contributed by atoms with van der Waals surface area (Å²) >= 11 is 1.91. The second kappa shape index (κ2) is 5.28. The number of rotatable bonds is 5. The van der Waals surface area contributed by atoms with E-state index in [9.17, 15) is 0 Å². The van der Waals surface area contributed by atoms with E-state index in [2.05, 4.69) is 45.2 Å². The molecule has 1 heterocycles. The van der Waals surface area contributed by atoms with Crippen LogP contribution in [0.4, 0.5) is 0 Å². The minimum absolute atomic E-state index is 0.732. The second-order valence-electron chi connectivity index (χ2n) is 4.76. The molecule has 0 spiro atoms. The van der Waals surface area contributed by atoms with Gasteiger partial charge in [0, 0.05) is 13.3 Å². The van der Waals surface area contributed by atoms with Crippen molar-refractivity contribution in [2.45, 2.75) is 38.8 Å². The van der Waals surface area contributed by atoms with Crippen LogP contribution >= 0.6 is 11.3 Å². The fourth-order valence-corrected chi connectivity index (χ4v) is 9.72. The predicted molar refractivity (Wildman–Crippen MR) is 71.8 cm³/mol. The quantitative estimate of drug-likeness (QED) is 0.719. The fraction of sp³-hybridized carbons (Fsp3) is 0.667. The van der Waals surface area contributed by atoms with Crippen molar-refractivity contribution in [1.82, 2.24) is 0 Å². The van der Waals surface area contributed by atoms with Crippen LogP contribution in [-0.4, -0.2) is 21.4 Å². The Morgan fingerprint density at radius 2 is 1.87 bits per heavy atom. The van der Waals surface area contributed by atoms with E-state index >= 15 is 0 Å². The molecule has 0 radical (unpaired) electrons. The molecule has 86 valence electrons. The monoisotopic (exact) mass is 242 g/mol. The average molecular weight is 242 g/mol. The smallest absolute Gasteiger partial charge is 0.133 e. The molecule has 0 aliphatic rings. The van der Waals surface area contributed by atoms with E-state index in [4.69, 9.17) is 4.74 Å². The van der Waals surface area contributed by atoms with Crippen molar-refractivity contribution in [3.63, 3.8) is 0 Å². The molecule has 0 aromatic carbocycles. The topological polar surface area (TPSA) is 9.23 Å². The van der Waals surface area contributed by atoms with Gasteiger partial charge in [0.05, 0.1) is 0 Å². The standard InChI is InChI=1S/C12H22OSSi/c1-10(2)15(9-13-5,11(3)4)12-7-6-8-14-12/h6-8,10-11H,9H2,1-5H3. The summed E-state index contributed by atoms with van der Waals surface area (Å²) in [6.07, 6.45) is 0.947. The molecule has 1 rings (SSSR count). The van der Waals surface area contributed by atoms with Crippen molar-refractivity contribution in [3.8, 4) is 0 Å². The molecular formula is C12H22OSSi. The Hall–Kier alpha value is -0.123. The van der Waals surface area contributed by atoms with Gasteiger partial charge in [-0.15, -0.1) is 0 Å². The van der Waals surface area contributed by atoms with Crippen molar-refractivity contribution >= 4 is 23.9 Å². The number of ether oxygens (including phenoxy) is 1. The molecule has 1 nitrogen and oxygen atoms in total. The minimum Gasteiger partial charge on any atom is -0.387 e. The molecule has 0 atom stereocenters. The third-order valence-corrected chi connectivity index (χ3v) is 11.6. The number of hydrogen-bond donors (Lipinski definition) is 0. The molecule has 1 aromatic rings. The molecule has 0 saturated carbocycles. The molecule has 1 aromatic heterocycles. The lowest BCUT2D eigenvalue weighted by molar-refractivity contribution is 0.244. The maximum Gasteiger partial charge on any atom is 0.133 e. The second-order valence-corrected chi connectivity index (χ2v) is 11.3. The normalized spacial score (nSPS) is 12.7. The molecule has 0 unspecified atom stereocenters. The highest BCUT2D eigenvalue weighted by Crippen LogP contribution is 2.33. The van der Waals surface area contributed by atoms with Gasteiger partial charge in [0.15, 0.2) is 0 Å². The van der Waals surface area contributed by atoms with Crippen LogP contribution in [0, 0.1) is 0 Å². The van der Waals surface area contributed by atoms with E-state index in [0.29, 0.717) is 0 Å². The van der Waals surface area contributed by atoms with E-state index in [0.717, 1.165) is 17.3 Å². The lowest BCUT2D eigenvalue weighted by atomic mass is 10.5. The summed E-state index contributed by atoms with van der Waals surface area (Å²) in [7, 11) is 0.356. The van der Waals surface area contributed by atoms with Gasteiger partial charge in [0.25, 0.3) is 0 Å². The Kier molecular flexibility index (Phi) is 4.56. The molecular weight excluding hydrogens is 220 g/mol. The van der Waals surface area contributed by atoms with E-state index in [1.165, 1.54) is 0 Å². The van der Waals surface area contributed by atoms with Crippen LogP contribution in [0.1, 0.15) is 27.7 Å². The molecule has 0 aliphatic carbocycles. The number of hydrogen-bond acceptors (Lipinski definition) is 2. The molecule has 0 fully saturated rings. The Bertz CT molecular complexity index is 272. The summed E-state index contributed by atoms with van der Waals surface area (Å²) in [6, 6.07) is 4.47. The van der Waals surface area contributed by atoms with Crippen molar-refractivity contribution in [2.75, 3.05) is 13.3 Å². The maximum atomic E-state index is 5.52. The summed E-state index contributed by atoms with van der Waals surface area (Å²) in [6.45, 7) is 9.41. The van der Waals surface area contributed by atoms with Gasteiger partial charge in [-0.2, -0.15) is 11.3 Å². The first-order valence-electron chi connectivity index (χ1n) is 5.58. The number of thiophene rings is 1. The Labute approximate surface area is 98.5 Å². The first-order chi connectivity index (χ1) is 7.05. The maximum absolute atomic E-state index is 5.52.